The van der Waals surface area contributed by atoms with Crippen LogP contribution in [0.5, 0.6) is 0 Å². The van der Waals surface area contributed by atoms with E-state index < -0.39 is 6.04 Å². The molecule has 28 heavy (non-hydrogen) atoms. The van der Waals surface area contributed by atoms with Gasteiger partial charge in [-0.3, -0.25) is 14.4 Å². The van der Waals surface area contributed by atoms with Crippen molar-refractivity contribution in [3.05, 3.63) is 0 Å². The van der Waals surface area contributed by atoms with Gasteiger partial charge >= 0.3 is 0 Å². The molecule has 1 rings (SSSR count). The Kier molecular flexibility index (Phi) is 9.93. The van der Waals surface area contributed by atoms with Crippen LogP contribution in [-0.2, 0) is 19.1 Å². The van der Waals surface area contributed by atoms with Crippen molar-refractivity contribution in [3.8, 4) is 0 Å². The molecule has 1 unspecified atom stereocenters. The minimum absolute atomic E-state index is 0.0253. The smallest absolute Gasteiger partial charge is 0.242 e. The number of methoxy groups -OCH3 is 1. The van der Waals surface area contributed by atoms with E-state index in [1.807, 2.05) is 18.7 Å². The van der Waals surface area contributed by atoms with Gasteiger partial charge in [-0.05, 0) is 30.1 Å². The van der Waals surface area contributed by atoms with Crippen LogP contribution in [0.3, 0.4) is 0 Å². The number of amides is 3. The molecule has 0 aromatic carbocycles. The van der Waals surface area contributed by atoms with Crippen LogP contribution in [0, 0.1) is 17.3 Å². The molecule has 0 spiro atoms. The minimum atomic E-state index is -0.567. The van der Waals surface area contributed by atoms with Crippen LogP contribution in [0.4, 0.5) is 0 Å². The molecular formula is C21H39N3O4. The zero-order valence-corrected chi connectivity index (χ0v) is 18.5. The van der Waals surface area contributed by atoms with Crippen LogP contribution in [0.2, 0.25) is 0 Å². The summed E-state index contributed by atoms with van der Waals surface area (Å²) in [6.07, 6.45) is 2.33. The summed E-state index contributed by atoms with van der Waals surface area (Å²) in [5, 5.41) is 5.78. The van der Waals surface area contributed by atoms with Crippen molar-refractivity contribution in [3.63, 3.8) is 0 Å². The average molecular weight is 398 g/mol. The lowest BCUT2D eigenvalue weighted by Gasteiger charge is -2.36. The highest BCUT2D eigenvalue weighted by atomic mass is 16.5. The Morgan fingerprint density at radius 1 is 1.14 bits per heavy atom. The number of likely N-dealkylation sites (tertiary alicyclic amines) is 1. The third kappa shape index (κ3) is 9.04. The molecule has 0 saturated carbocycles. The zero-order chi connectivity index (χ0) is 21.3. The number of piperidine rings is 1. The van der Waals surface area contributed by atoms with E-state index in [1.54, 1.807) is 7.11 Å². The summed E-state index contributed by atoms with van der Waals surface area (Å²) >= 11 is 0. The molecular weight excluding hydrogens is 358 g/mol. The lowest BCUT2D eigenvalue weighted by molar-refractivity contribution is -0.136. The second-order valence-electron chi connectivity index (χ2n) is 9.38. The molecule has 1 heterocycles. The summed E-state index contributed by atoms with van der Waals surface area (Å²) in [5.74, 6) is 0.143. The van der Waals surface area contributed by atoms with E-state index in [1.165, 1.54) is 0 Å². The van der Waals surface area contributed by atoms with E-state index in [0.717, 1.165) is 0 Å². The first-order valence-corrected chi connectivity index (χ1v) is 10.4. The van der Waals surface area contributed by atoms with Gasteiger partial charge in [0.25, 0.3) is 0 Å². The topological polar surface area (TPSA) is 87.7 Å². The molecule has 1 aliphatic rings. The molecule has 1 atom stereocenters. The summed E-state index contributed by atoms with van der Waals surface area (Å²) in [5.41, 5.74) is -0.0392. The van der Waals surface area contributed by atoms with Crippen LogP contribution < -0.4 is 10.6 Å². The summed E-state index contributed by atoms with van der Waals surface area (Å²) in [6, 6.07) is -0.567. The van der Waals surface area contributed by atoms with Gasteiger partial charge in [-0.2, -0.15) is 0 Å². The summed E-state index contributed by atoms with van der Waals surface area (Å²) in [6.45, 7) is 12.2. The molecule has 7 heteroatoms. The van der Waals surface area contributed by atoms with Crippen molar-refractivity contribution in [1.82, 2.24) is 15.5 Å². The van der Waals surface area contributed by atoms with Gasteiger partial charge in [0.1, 0.15) is 6.04 Å². The van der Waals surface area contributed by atoms with E-state index in [-0.39, 0.29) is 35.0 Å². The quantitative estimate of drug-likeness (QED) is 0.582. The lowest BCUT2D eigenvalue weighted by Crippen LogP contribution is -2.54. The predicted octanol–water partition coefficient (Wildman–Crippen LogP) is 1.95. The van der Waals surface area contributed by atoms with Crippen molar-refractivity contribution in [2.24, 2.45) is 17.3 Å². The highest BCUT2D eigenvalue weighted by molar-refractivity contribution is 5.88. The van der Waals surface area contributed by atoms with Crippen molar-refractivity contribution >= 4 is 17.7 Å². The van der Waals surface area contributed by atoms with E-state index in [2.05, 4.69) is 31.4 Å². The van der Waals surface area contributed by atoms with Crippen molar-refractivity contribution in [2.45, 2.75) is 66.3 Å². The van der Waals surface area contributed by atoms with Gasteiger partial charge in [0.15, 0.2) is 0 Å². The summed E-state index contributed by atoms with van der Waals surface area (Å²) in [4.78, 5) is 39.3. The molecule has 0 aromatic heterocycles. The maximum absolute atomic E-state index is 12.7. The second-order valence-corrected chi connectivity index (χ2v) is 9.38. The van der Waals surface area contributed by atoms with Crippen LogP contribution in [0.15, 0.2) is 0 Å². The van der Waals surface area contributed by atoms with Gasteiger partial charge in [0, 0.05) is 39.6 Å². The van der Waals surface area contributed by atoms with Gasteiger partial charge < -0.3 is 20.3 Å². The Morgan fingerprint density at radius 3 is 2.25 bits per heavy atom. The Bertz CT molecular complexity index is 520. The number of nitrogens with zero attached hydrogens (tertiary/aromatic N) is 1. The van der Waals surface area contributed by atoms with Crippen LogP contribution in [-0.4, -0.2) is 62.0 Å². The molecule has 1 fully saturated rings. The first-order chi connectivity index (χ1) is 13.0. The molecule has 0 bridgehead atoms. The molecule has 7 nitrogen and oxygen atoms in total. The highest BCUT2D eigenvalue weighted by Crippen LogP contribution is 2.25. The van der Waals surface area contributed by atoms with Crippen molar-refractivity contribution < 1.29 is 19.1 Å². The van der Waals surface area contributed by atoms with Crippen LogP contribution in [0.1, 0.15) is 60.3 Å². The summed E-state index contributed by atoms with van der Waals surface area (Å²) in [7, 11) is 1.58. The fourth-order valence-electron chi connectivity index (χ4n) is 3.43. The van der Waals surface area contributed by atoms with Crippen molar-refractivity contribution in [2.75, 3.05) is 33.4 Å². The standard InChI is InChI=1S/C21H39N3O4/c1-15(2)13-17(25)23-19(20(27)22-9-12-28-6)16-7-10-24(11-8-16)18(26)14-21(3,4)5/h15-16,19H,7-14H2,1-6H3,(H,22,27)(H,23,25). The largest absolute Gasteiger partial charge is 0.383 e. The number of carbonyl (C=O) groups is 3. The molecule has 0 aromatic rings. The van der Waals surface area contributed by atoms with E-state index in [0.29, 0.717) is 51.9 Å². The normalized spacial score (nSPS) is 16.8. The molecule has 1 saturated heterocycles. The Labute approximate surface area is 169 Å². The Balaban J connectivity index is 2.70. The monoisotopic (exact) mass is 397 g/mol. The number of hydrogen-bond acceptors (Lipinski definition) is 4. The van der Waals surface area contributed by atoms with Crippen LogP contribution >= 0.6 is 0 Å². The van der Waals surface area contributed by atoms with Gasteiger partial charge in [-0.15, -0.1) is 0 Å². The maximum Gasteiger partial charge on any atom is 0.242 e. The third-order valence-corrected chi connectivity index (χ3v) is 4.84. The van der Waals surface area contributed by atoms with Gasteiger partial charge in [0.2, 0.25) is 17.7 Å². The fourth-order valence-corrected chi connectivity index (χ4v) is 3.43. The fraction of sp³-hybridized carbons (Fsp3) is 0.857. The summed E-state index contributed by atoms with van der Waals surface area (Å²) < 4.78 is 4.99. The Hall–Kier alpha value is -1.63. The first-order valence-electron chi connectivity index (χ1n) is 10.4. The molecule has 3 amide bonds. The van der Waals surface area contributed by atoms with Gasteiger partial charge in [0.05, 0.1) is 6.61 Å². The number of ether oxygens (including phenoxy) is 1. The molecule has 162 valence electrons. The SMILES string of the molecule is COCCNC(=O)C(NC(=O)CC(C)C)C1CCN(C(=O)CC(C)(C)C)CC1. The predicted molar refractivity (Wildman–Crippen MR) is 110 cm³/mol. The number of nitrogens with one attached hydrogen (secondary N) is 2. The minimum Gasteiger partial charge on any atom is -0.383 e. The lowest BCUT2D eigenvalue weighted by atomic mass is 9.87. The average Bonchev–Trinajstić information content (AvgIpc) is 2.58. The number of hydrogen-bond donors (Lipinski definition) is 2. The number of rotatable bonds is 9. The molecule has 0 radical (unpaired) electrons. The second kappa shape index (κ2) is 11.4. The van der Waals surface area contributed by atoms with Crippen LogP contribution in [0.25, 0.3) is 0 Å². The van der Waals surface area contributed by atoms with Gasteiger partial charge in [-0.25, -0.2) is 0 Å². The Morgan fingerprint density at radius 2 is 1.75 bits per heavy atom. The molecule has 1 aliphatic heterocycles. The van der Waals surface area contributed by atoms with Gasteiger partial charge in [-0.1, -0.05) is 34.6 Å². The first kappa shape index (κ1) is 24.4. The molecule has 2 N–H and O–H groups in total. The maximum atomic E-state index is 12.7. The highest BCUT2D eigenvalue weighted by Gasteiger charge is 2.34. The van der Waals surface area contributed by atoms with E-state index in [4.69, 9.17) is 4.74 Å². The third-order valence-electron chi connectivity index (χ3n) is 4.84. The number of carbonyl (C=O) groups excluding carboxylic acids is 3. The molecule has 0 aliphatic carbocycles. The van der Waals surface area contributed by atoms with Crippen molar-refractivity contribution in [1.29, 1.82) is 0 Å². The zero-order valence-electron chi connectivity index (χ0n) is 18.5. The van der Waals surface area contributed by atoms with E-state index >= 15 is 0 Å². The van der Waals surface area contributed by atoms with E-state index in [9.17, 15) is 14.4 Å².